The van der Waals surface area contributed by atoms with Crippen molar-refractivity contribution in [2.24, 2.45) is 17.1 Å². The number of hydrogen-bond donors (Lipinski definition) is 9. The van der Waals surface area contributed by atoms with Gasteiger partial charge in [-0.3, -0.25) is 39.0 Å². The molecule has 77 heavy (non-hydrogen) atoms. The summed E-state index contributed by atoms with van der Waals surface area (Å²) in [4.78, 5) is 109. The molecule has 0 fully saturated rings. The molecule has 0 aliphatic heterocycles. The van der Waals surface area contributed by atoms with Crippen molar-refractivity contribution < 1.29 is 78.8 Å². The second kappa shape index (κ2) is 47.0. The van der Waals surface area contributed by atoms with Crippen LogP contribution in [0.25, 0.3) is 0 Å². The van der Waals surface area contributed by atoms with Gasteiger partial charge in [0.1, 0.15) is 36.9 Å². The molecule has 0 heterocycles. The summed E-state index contributed by atoms with van der Waals surface area (Å²) in [5.74, 6) is -5.26. The van der Waals surface area contributed by atoms with Crippen LogP contribution in [0.3, 0.4) is 0 Å². The van der Waals surface area contributed by atoms with Crippen LogP contribution in [0.5, 0.6) is 0 Å². The number of carboxylic acid groups (broad SMARTS) is 3. The number of ether oxygens (including phenoxy) is 4. The molecule has 0 aromatic heterocycles. The highest BCUT2D eigenvalue weighted by Gasteiger charge is 2.28. The molecule has 0 aliphatic rings. The molecule has 0 aromatic rings. The minimum Gasteiger partial charge on any atom is -0.481 e. The fourth-order valence-corrected chi connectivity index (χ4v) is 7.98. The molecular weight excluding hydrogens is 1000 g/mol. The Morgan fingerprint density at radius 3 is 1.51 bits per heavy atom. The van der Waals surface area contributed by atoms with Crippen molar-refractivity contribution in [3.05, 3.63) is 0 Å². The molecule has 0 bridgehead atoms. The average molecular weight is 1100 g/mol. The Morgan fingerprint density at radius 1 is 0.481 bits per heavy atom. The predicted molar refractivity (Wildman–Crippen MR) is 292 cm³/mol. The first-order valence-electron chi connectivity index (χ1n) is 28.2. The first-order chi connectivity index (χ1) is 36.7. The maximum atomic E-state index is 12.9. The number of nitrogens with two attached hydrogens (primary N) is 1. The third-order valence-corrected chi connectivity index (χ3v) is 12.7. The van der Waals surface area contributed by atoms with E-state index in [0.717, 1.165) is 44.9 Å². The van der Waals surface area contributed by atoms with Crippen molar-refractivity contribution in [1.29, 1.82) is 5.41 Å². The van der Waals surface area contributed by atoms with Gasteiger partial charge < -0.3 is 61.3 Å². The minimum absolute atomic E-state index is 0. The lowest BCUT2D eigenvalue weighted by Crippen LogP contribution is -2.42. The van der Waals surface area contributed by atoms with E-state index in [1.165, 1.54) is 38.5 Å². The highest BCUT2D eigenvalue weighted by Crippen LogP contribution is 2.23. The third kappa shape index (κ3) is 45.7. The van der Waals surface area contributed by atoms with Crippen LogP contribution in [0.15, 0.2) is 0 Å². The molecule has 0 saturated carbocycles. The quantitative estimate of drug-likeness (QED) is 0.0180. The third-order valence-electron chi connectivity index (χ3n) is 12.7. The van der Waals surface area contributed by atoms with Crippen molar-refractivity contribution in [3.8, 4) is 0 Å². The van der Waals surface area contributed by atoms with Crippen LogP contribution in [0, 0.1) is 16.7 Å². The molecule has 0 aromatic carbocycles. The molecule has 22 heteroatoms. The number of amidine groups is 1. The van der Waals surface area contributed by atoms with Gasteiger partial charge >= 0.3 is 17.9 Å². The number of aliphatic carboxylic acids is 3. The number of amides is 4. The second-order valence-electron chi connectivity index (χ2n) is 20.8. The molecule has 0 saturated heterocycles. The Kier molecular flexibility index (Phi) is 43.9. The molecule has 0 rings (SSSR count). The van der Waals surface area contributed by atoms with Crippen molar-refractivity contribution in [1.82, 2.24) is 21.3 Å². The monoisotopic (exact) mass is 1100 g/mol. The number of hydrogen-bond acceptors (Lipinski definition) is 14. The van der Waals surface area contributed by atoms with E-state index in [4.69, 9.17) is 35.2 Å². The summed E-state index contributed by atoms with van der Waals surface area (Å²) in [7, 11) is 0. The lowest BCUT2D eigenvalue weighted by molar-refractivity contribution is -0.143. The van der Waals surface area contributed by atoms with Gasteiger partial charge in [-0.25, -0.2) is 9.59 Å². The summed E-state index contributed by atoms with van der Waals surface area (Å²) in [6.45, 7) is 6.26. The van der Waals surface area contributed by atoms with Crippen molar-refractivity contribution in [3.63, 3.8) is 0 Å². The Balaban J connectivity index is 0. The van der Waals surface area contributed by atoms with Gasteiger partial charge in [-0.2, -0.15) is 0 Å². The fraction of sp³-hybridized carbons (Fsp3) is 0.818. The molecule has 3 atom stereocenters. The molecular formula is C55H100N6O16. The topological polar surface area (TPSA) is 349 Å². The van der Waals surface area contributed by atoms with Crippen molar-refractivity contribution >= 4 is 58.9 Å². The summed E-state index contributed by atoms with van der Waals surface area (Å²) in [5.41, 5.74) is 4.84. The van der Waals surface area contributed by atoms with E-state index >= 15 is 0 Å². The first kappa shape index (κ1) is 71.9. The number of ketones is 2. The molecule has 0 unspecified atom stereocenters. The Hall–Kier alpha value is -5.06. The van der Waals surface area contributed by atoms with Crippen LogP contribution in [0.4, 0.5) is 0 Å². The van der Waals surface area contributed by atoms with Gasteiger partial charge in [0.2, 0.25) is 23.6 Å². The minimum atomic E-state index is -1.20. The van der Waals surface area contributed by atoms with Crippen LogP contribution < -0.4 is 27.0 Å². The van der Waals surface area contributed by atoms with Gasteiger partial charge in [-0.1, -0.05) is 104 Å². The molecule has 446 valence electrons. The number of carboxylic acids is 3. The van der Waals surface area contributed by atoms with Crippen LogP contribution >= 0.6 is 0 Å². The van der Waals surface area contributed by atoms with E-state index in [1.807, 2.05) is 0 Å². The zero-order valence-electron chi connectivity index (χ0n) is 46.8. The van der Waals surface area contributed by atoms with E-state index in [1.54, 1.807) is 20.8 Å². The van der Waals surface area contributed by atoms with Gasteiger partial charge in [0, 0.05) is 71.0 Å². The summed E-state index contributed by atoms with van der Waals surface area (Å²) in [6.07, 6.45) is 19.4. The zero-order valence-corrected chi connectivity index (χ0v) is 46.8. The number of Topliss-reactive ketones (excluding diaryl/α,β-unsaturated/α-hetero) is 2. The van der Waals surface area contributed by atoms with E-state index in [2.05, 4.69) is 21.3 Å². The van der Waals surface area contributed by atoms with Gasteiger partial charge in [0.05, 0.1) is 38.9 Å². The van der Waals surface area contributed by atoms with Crippen molar-refractivity contribution in [2.75, 3.05) is 65.9 Å². The molecule has 10 N–H and O–H groups in total. The molecule has 0 radical (unpaired) electrons. The highest BCUT2D eigenvalue weighted by molar-refractivity contribution is 5.89. The lowest BCUT2D eigenvalue weighted by Gasteiger charge is -2.22. The smallest absolute Gasteiger partial charge is 0.326 e. The number of carbonyl (C=O) groups is 9. The van der Waals surface area contributed by atoms with Gasteiger partial charge in [0.15, 0.2) is 0 Å². The summed E-state index contributed by atoms with van der Waals surface area (Å²) in [6, 6.07) is -2.28. The Bertz CT molecular complexity index is 1720. The van der Waals surface area contributed by atoms with E-state index < -0.39 is 47.2 Å². The number of carbonyl (C=O) groups excluding carboxylic acids is 6. The Morgan fingerprint density at radius 2 is 0.961 bits per heavy atom. The van der Waals surface area contributed by atoms with Crippen LogP contribution in [-0.2, 0) is 62.1 Å². The van der Waals surface area contributed by atoms with Crippen LogP contribution in [-0.4, -0.2) is 152 Å². The average Bonchev–Trinajstić information content (AvgIpc) is 3.36. The standard InChI is InChI=1S/C55H98N6O16.H2/c1-55(2,3)46(63)39-42(23-18-19-26-47(56)57)52(69)59-31-21-20-25-44(53(70)71)61-50(66)41-77-38-36-75-34-32-58-49(65)40-76-37-35-74-33-22-24-43(62)29-30-45(54(72)73)60-48(64)27-16-14-12-10-8-6-4-5-7-9-11-13-15-17-28-51(67)68;/h42,44-45H,4-41H2,1-3H3,(H3,56,57)(H,58,65)(H,59,69)(H,60,64)(H,61,66)(H,67,68)(H,70,71)(H,72,73);1H/t42-,44+,45+;/m1./s1. The van der Waals surface area contributed by atoms with E-state index in [-0.39, 0.29) is 147 Å². The van der Waals surface area contributed by atoms with Crippen LogP contribution in [0.2, 0.25) is 0 Å². The number of rotatable bonds is 54. The molecule has 22 nitrogen and oxygen atoms in total. The van der Waals surface area contributed by atoms with Crippen LogP contribution in [0.1, 0.15) is 202 Å². The number of unbranched alkanes of at least 4 members (excludes halogenated alkanes) is 15. The van der Waals surface area contributed by atoms with Gasteiger partial charge in [-0.05, 0) is 57.8 Å². The van der Waals surface area contributed by atoms with Crippen molar-refractivity contribution in [2.45, 2.75) is 213 Å². The maximum absolute atomic E-state index is 12.9. The number of nitrogens with one attached hydrogen (secondary N) is 5. The summed E-state index contributed by atoms with van der Waals surface area (Å²) < 4.78 is 21.5. The SMILES string of the molecule is CC(C)(C)C(=O)C[C@@H](CCCCC(=N)N)C(=O)NCCCC[C@H](NC(=O)COCCOCCNC(=O)COCCOCCCC(=O)CC[C@H](NC(=O)CCCCCCCCCCCCCCCCC(=O)O)C(=O)O)C(=O)O.[HH]. The molecule has 0 spiro atoms. The van der Waals surface area contributed by atoms with E-state index in [9.17, 15) is 53.4 Å². The summed E-state index contributed by atoms with van der Waals surface area (Å²) >= 11 is 0. The normalized spacial score (nSPS) is 12.5. The van der Waals surface area contributed by atoms with E-state index in [0.29, 0.717) is 51.4 Å². The second-order valence-corrected chi connectivity index (χ2v) is 20.8. The lowest BCUT2D eigenvalue weighted by atomic mass is 9.83. The highest BCUT2D eigenvalue weighted by atomic mass is 16.5. The molecule has 4 amide bonds. The van der Waals surface area contributed by atoms with Gasteiger partial charge in [0.25, 0.3) is 0 Å². The molecule has 0 aliphatic carbocycles. The largest absolute Gasteiger partial charge is 0.481 e. The zero-order chi connectivity index (χ0) is 57.5. The first-order valence-corrected chi connectivity index (χ1v) is 28.2. The van der Waals surface area contributed by atoms with Gasteiger partial charge in [-0.15, -0.1) is 0 Å². The fourth-order valence-electron chi connectivity index (χ4n) is 7.98. The maximum Gasteiger partial charge on any atom is 0.326 e. The summed E-state index contributed by atoms with van der Waals surface area (Å²) in [5, 5.41) is 45.7. The Labute approximate surface area is 458 Å². The predicted octanol–water partition coefficient (Wildman–Crippen LogP) is 6.41.